The minimum Gasteiger partial charge on any atom is -0.492 e. The summed E-state index contributed by atoms with van der Waals surface area (Å²) in [6, 6.07) is 6.78. The quantitative estimate of drug-likeness (QED) is 0.457. The topological polar surface area (TPSA) is 87.2 Å². The van der Waals surface area contributed by atoms with Gasteiger partial charge in [-0.05, 0) is 68.4 Å². The van der Waals surface area contributed by atoms with E-state index in [0.717, 1.165) is 37.8 Å². The molecule has 2 fully saturated rings. The van der Waals surface area contributed by atoms with Crippen LogP contribution in [-0.2, 0) is 21.0 Å². The minimum atomic E-state index is -4.92. The van der Waals surface area contributed by atoms with E-state index in [1.807, 2.05) is 0 Å². The molecule has 2 aliphatic carbocycles. The summed E-state index contributed by atoms with van der Waals surface area (Å²) >= 11 is 0. The van der Waals surface area contributed by atoms with Gasteiger partial charge < -0.3 is 14.7 Å². The van der Waals surface area contributed by atoms with Gasteiger partial charge in [0.1, 0.15) is 23.1 Å². The van der Waals surface area contributed by atoms with Gasteiger partial charge in [0.05, 0.1) is 22.7 Å². The van der Waals surface area contributed by atoms with E-state index in [1.165, 1.54) is 47.4 Å². The van der Waals surface area contributed by atoms with Gasteiger partial charge in [-0.3, -0.25) is 4.79 Å². The predicted octanol–water partition coefficient (Wildman–Crippen LogP) is 5.81. The van der Waals surface area contributed by atoms with Crippen molar-refractivity contribution >= 4 is 27.4 Å². The molecule has 2 spiro atoms. The zero-order chi connectivity index (χ0) is 28.4. The van der Waals surface area contributed by atoms with Gasteiger partial charge in [-0.25, -0.2) is 12.8 Å². The van der Waals surface area contributed by atoms with Crippen LogP contribution in [0.4, 0.5) is 28.9 Å². The lowest BCUT2D eigenvalue weighted by molar-refractivity contribution is -0.142. The minimum absolute atomic E-state index is 0.00709. The fraction of sp³-hybridized carbons (Fsp3) is 0.519. The molecule has 1 atom stereocenters. The summed E-state index contributed by atoms with van der Waals surface area (Å²) in [6.45, 7) is 0.789. The van der Waals surface area contributed by atoms with Gasteiger partial charge in [-0.2, -0.15) is 17.5 Å². The first-order valence-corrected chi connectivity index (χ1v) is 14.2. The first-order valence-electron chi connectivity index (χ1n) is 12.8. The molecule has 0 saturated heterocycles. The number of sulfonamides is 1. The van der Waals surface area contributed by atoms with Crippen molar-refractivity contribution in [1.29, 1.82) is 0 Å². The molecule has 1 aliphatic heterocycles. The molecule has 0 radical (unpaired) electrons. The summed E-state index contributed by atoms with van der Waals surface area (Å²) in [5.74, 6) is -3.68. The molecule has 0 bridgehead atoms. The number of benzene rings is 2. The van der Waals surface area contributed by atoms with Crippen LogP contribution in [0.3, 0.4) is 0 Å². The van der Waals surface area contributed by atoms with Crippen LogP contribution >= 0.6 is 0 Å². The number of aliphatic carboxylic acids is 1. The number of hydrogen-bond acceptors (Lipinski definition) is 5. The van der Waals surface area contributed by atoms with Gasteiger partial charge >= 0.3 is 12.1 Å². The summed E-state index contributed by atoms with van der Waals surface area (Å²) in [5.41, 5.74) is -1.92. The van der Waals surface area contributed by atoms with Crippen molar-refractivity contribution in [3.63, 3.8) is 0 Å². The van der Waals surface area contributed by atoms with Gasteiger partial charge in [0.2, 0.25) is 10.0 Å². The zero-order valence-corrected chi connectivity index (χ0v) is 22.4. The van der Waals surface area contributed by atoms with Gasteiger partial charge in [0.25, 0.3) is 0 Å². The number of hydrogen-bond donors (Lipinski definition) is 1. The second-order valence-corrected chi connectivity index (χ2v) is 13.1. The Morgan fingerprint density at radius 1 is 1.13 bits per heavy atom. The maximum absolute atomic E-state index is 14.3. The highest BCUT2D eigenvalue weighted by molar-refractivity contribution is 7.89. The standard InChI is InChI=1S/C27H30F4N2O5S/c1-17(24(34)35)13-38-22-12-23-21(11-20(22)27(29,30)31)33(19-7-5-18(28)6-8-19)16-26(32(2)39(23,36)37)14-25(15-26)9-3-4-10-25/h5-8,11-12,17H,3-4,9-10,13-16H2,1-2H3,(H,34,35)/t17-/m1/s1. The Bertz CT molecular complexity index is 1380. The highest BCUT2D eigenvalue weighted by Gasteiger charge is 2.61. The first kappa shape index (κ1) is 27.7. The van der Waals surface area contributed by atoms with Crippen molar-refractivity contribution in [3.8, 4) is 5.75 Å². The summed E-state index contributed by atoms with van der Waals surface area (Å²) in [6.07, 6.45) is 0.293. The Labute approximate surface area is 224 Å². The largest absolute Gasteiger partial charge is 0.492 e. The number of carboxylic acid groups (broad SMARTS) is 1. The van der Waals surface area contributed by atoms with Gasteiger partial charge in [-0.1, -0.05) is 12.8 Å². The third-order valence-electron chi connectivity index (χ3n) is 8.54. The van der Waals surface area contributed by atoms with E-state index in [9.17, 15) is 30.8 Å². The SMILES string of the molecule is C[C@H](COc1cc2c(cc1C(F)(F)F)N(c1ccc(F)cc1)CC1(CC3(CCCC3)C1)N(C)S2(=O)=O)C(=O)O. The molecule has 0 aromatic heterocycles. The van der Waals surface area contributed by atoms with Crippen LogP contribution in [0.25, 0.3) is 0 Å². The van der Waals surface area contributed by atoms with Crippen molar-refractivity contribution in [1.82, 2.24) is 4.31 Å². The highest BCUT2D eigenvalue weighted by Crippen LogP contribution is 2.62. The Kier molecular flexibility index (Phi) is 6.65. The molecule has 5 rings (SSSR count). The monoisotopic (exact) mass is 570 g/mol. The lowest BCUT2D eigenvalue weighted by Crippen LogP contribution is -2.64. The molecule has 1 N–H and O–H groups in total. The van der Waals surface area contributed by atoms with E-state index in [2.05, 4.69) is 0 Å². The summed E-state index contributed by atoms with van der Waals surface area (Å²) in [5, 5.41) is 9.16. The predicted molar refractivity (Wildman–Crippen MR) is 135 cm³/mol. The molecule has 7 nitrogen and oxygen atoms in total. The van der Waals surface area contributed by atoms with Crippen LogP contribution in [0.15, 0.2) is 41.3 Å². The molecule has 0 unspecified atom stereocenters. The molecule has 0 amide bonds. The second-order valence-electron chi connectivity index (χ2n) is 11.2. The maximum atomic E-state index is 14.3. The lowest BCUT2D eigenvalue weighted by atomic mass is 9.56. The van der Waals surface area contributed by atoms with Crippen LogP contribution in [0, 0.1) is 17.2 Å². The van der Waals surface area contributed by atoms with Gasteiger partial charge in [-0.15, -0.1) is 0 Å². The van der Waals surface area contributed by atoms with E-state index in [1.54, 1.807) is 0 Å². The third-order valence-corrected chi connectivity index (χ3v) is 10.5. The molecule has 1 heterocycles. The smallest absolute Gasteiger partial charge is 0.420 e. The molecule has 39 heavy (non-hydrogen) atoms. The van der Waals surface area contributed by atoms with E-state index >= 15 is 0 Å². The number of nitrogens with zero attached hydrogens (tertiary/aromatic N) is 2. The van der Waals surface area contributed by atoms with Crippen LogP contribution in [-0.4, -0.2) is 49.5 Å². The summed E-state index contributed by atoms with van der Waals surface area (Å²) in [7, 11) is -2.85. The fourth-order valence-corrected chi connectivity index (χ4v) is 8.17. The number of carboxylic acids is 1. The van der Waals surface area contributed by atoms with Crippen molar-refractivity contribution in [2.75, 3.05) is 25.1 Å². The fourth-order valence-electron chi connectivity index (χ4n) is 6.48. The number of anilines is 2. The average molecular weight is 571 g/mol. The molecule has 212 valence electrons. The number of likely N-dealkylation sites (N-methyl/N-ethyl adjacent to an activating group) is 1. The number of fused-ring (bicyclic) bond motifs is 1. The molecular weight excluding hydrogens is 540 g/mol. The number of ether oxygens (including phenoxy) is 1. The maximum Gasteiger partial charge on any atom is 0.420 e. The molecule has 12 heteroatoms. The lowest BCUT2D eigenvalue weighted by Gasteiger charge is -2.58. The molecule has 3 aliphatic rings. The number of halogens is 4. The van der Waals surface area contributed by atoms with E-state index in [0.29, 0.717) is 18.5 Å². The van der Waals surface area contributed by atoms with E-state index in [-0.39, 0.29) is 22.5 Å². The Morgan fingerprint density at radius 2 is 1.74 bits per heavy atom. The normalized spacial score (nSPS) is 22.3. The number of alkyl halides is 3. The van der Waals surface area contributed by atoms with Gasteiger partial charge in [0.15, 0.2) is 0 Å². The first-order chi connectivity index (χ1) is 18.2. The second kappa shape index (κ2) is 9.36. The molecular formula is C27H30F4N2O5S. The van der Waals surface area contributed by atoms with Crippen molar-refractivity contribution in [2.45, 2.75) is 62.1 Å². The van der Waals surface area contributed by atoms with Crippen LogP contribution in [0.1, 0.15) is 51.0 Å². The highest BCUT2D eigenvalue weighted by atomic mass is 32.2. The number of rotatable bonds is 5. The van der Waals surface area contributed by atoms with Crippen molar-refractivity contribution < 1.29 is 40.6 Å². The summed E-state index contributed by atoms with van der Waals surface area (Å²) in [4.78, 5) is 12.4. The van der Waals surface area contributed by atoms with E-state index in [4.69, 9.17) is 9.84 Å². The Hall–Kier alpha value is -2.86. The van der Waals surface area contributed by atoms with Crippen molar-refractivity contribution in [3.05, 3.63) is 47.8 Å². The van der Waals surface area contributed by atoms with Crippen LogP contribution in [0.5, 0.6) is 5.75 Å². The molecule has 2 aromatic rings. The van der Waals surface area contributed by atoms with Crippen LogP contribution in [0.2, 0.25) is 0 Å². The van der Waals surface area contributed by atoms with E-state index < -0.39 is 57.4 Å². The Balaban J connectivity index is 1.68. The molecule has 2 aromatic carbocycles. The molecule has 2 saturated carbocycles. The zero-order valence-electron chi connectivity index (χ0n) is 21.6. The third kappa shape index (κ3) is 4.75. The summed E-state index contributed by atoms with van der Waals surface area (Å²) < 4.78 is 91.2. The van der Waals surface area contributed by atoms with Crippen molar-refractivity contribution in [2.24, 2.45) is 11.3 Å². The average Bonchev–Trinajstić information content (AvgIpc) is 3.31. The van der Waals surface area contributed by atoms with Gasteiger partial charge in [0, 0.05) is 25.3 Å². The van der Waals surface area contributed by atoms with Crippen LogP contribution < -0.4 is 9.64 Å². The number of carbonyl (C=O) groups is 1. The Morgan fingerprint density at radius 3 is 2.31 bits per heavy atom.